The van der Waals surface area contributed by atoms with Crippen molar-refractivity contribution in [2.24, 2.45) is 0 Å². The largest absolute Gasteiger partial charge is 0.334 e. The number of hydrogen-bond donors (Lipinski definition) is 0. The van der Waals surface area contributed by atoms with Crippen LogP contribution in [0.2, 0.25) is 0 Å². The zero-order valence-electron chi connectivity index (χ0n) is 15.3. The quantitative estimate of drug-likeness (QED) is 0.778. The Labute approximate surface area is 150 Å². The van der Waals surface area contributed by atoms with E-state index >= 15 is 0 Å². The zero-order chi connectivity index (χ0) is 17.6. The number of carbonyl (C=O) groups excluding carboxylic acids is 1. The van der Waals surface area contributed by atoms with Crippen LogP contribution in [0.1, 0.15) is 42.6 Å². The van der Waals surface area contributed by atoms with Crippen LogP contribution >= 0.6 is 0 Å². The molecule has 3 rings (SSSR count). The van der Waals surface area contributed by atoms with Crippen LogP contribution in [-0.4, -0.2) is 51.2 Å². The molecule has 5 heteroatoms. The first-order chi connectivity index (χ1) is 12.2. The number of hydrogen-bond acceptors (Lipinski definition) is 3. The molecule has 0 bridgehead atoms. The Hall–Kier alpha value is -2.14. The molecule has 1 atom stereocenters. The molecule has 0 unspecified atom stereocenters. The molecule has 1 aromatic heterocycles. The lowest BCUT2D eigenvalue weighted by Crippen LogP contribution is -2.38. The van der Waals surface area contributed by atoms with Gasteiger partial charge >= 0.3 is 0 Å². The molecule has 1 fully saturated rings. The molecule has 2 aromatic rings. The van der Waals surface area contributed by atoms with Gasteiger partial charge in [0.05, 0.1) is 12.6 Å². The third kappa shape index (κ3) is 4.28. The summed E-state index contributed by atoms with van der Waals surface area (Å²) < 4.78 is 1.92. The van der Waals surface area contributed by atoms with Crippen LogP contribution in [0.4, 0.5) is 0 Å². The van der Waals surface area contributed by atoms with Gasteiger partial charge in [0, 0.05) is 31.0 Å². The predicted octanol–water partition coefficient (Wildman–Crippen LogP) is 3.03. The molecule has 0 spiro atoms. The van der Waals surface area contributed by atoms with Crippen molar-refractivity contribution in [1.29, 1.82) is 0 Å². The van der Waals surface area contributed by atoms with Gasteiger partial charge in [-0.2, -0.15) is 5.10 Å². The standard InChI is InChI=1S/C20H28N4O/c1-3-22(4-2)15-17-8-10-18(11-9-17)20(25)24-14-5-7-19(24)16-23-13-6-12-21-23/h6,8-13,19H,3-5,7,14-16H2,1-2H3/t19-/m1/s1. The number of aromatic nitrogens is 2. The average molecular weight is 340 g/mol. The summed E-state index contributed by atoms with van der Waals surface area (Å²) in [5, 5.41) is 4.28. The van der Waals surface area contributed by atoms with E-state index in [-0.39, 0.29) is 11.9 Å². The molecule has 1 aliphatic rings. The number of likely N-dealkylation sites (tertiary alicyclic amines) is 1. The third-order valence-corrected chi connectivity index (χ3v) is 5.10. The zero-order valence-corrected chi connectivity index (χ0v) is 15.3. The highest BCUT2D eigenvalue weighted by atomic mass is 16.2. The van der Waals surface area contributed by atoms with Gasteiger partial charge in [0.2, 0.25) is 0 Å². The Morgan fingerprint density at radius 1 is 1.24 bits per heavy atom. The van der Waals surface area contributed by atoms with E-state index in [0.717, 1.165) is 51.1 Å². The molecular formula is C20H28N4O. The van der Waals surface area contributed by atoms with Crippen LogP contribution in [-0.2, 0) is 13.1 Å². The van der Waals surface area contributed by atoms with Crippen LogP contribution in [0.3, 0.4) is 0 Å². The summed E-state index contributed by atoms with van der Waals surface area (Å²) in [6.45, 7) is 8.99. The molecule has 1 aliphatic heterocycles. The van der Waals surface area contributed by atoms with E-state index in [9.17, 15) is 4.79 Å². The summed E-state index contributed by atoms with van der Waals surface area (Å²) in [6.07, 6.45) is 5.86. The van der Waals surface area contributed by atoms with E-state index in [4.69, 9.17) is 0 Å². The highest BCUT2D eigenvalue weighted by Crippen LogP contribution is 2.22. The minimum absolute atomic E-state index is 0.143. The first-order valence-corrected chi connectivity index (χ1v) is 9.31. The Morgan fingerprint density at radius 3 is 2.64 bits per heavy atom. The lowest BCUT2D eigenvalue weighted by atomic mass is 10.1. The van der Waals surface area contributed by atoms with E-state index in [1.54, 1.807) is 6.20 Å². The molecule has 0 N–H and O–H groups in total. The van der Waals surface area contributed by atoms with Crippen LogP contribution in [0, 0.1) is 0 Å². The summed E-state index contributed by atoms with van der Waals surface area (Å²) >= 11 is 0. The van der Waals surface area contributed by atoms with Gasteiger partial charge in [0.15, 0.2) is 0 Å². The summed E-state index contributed by atoms with van der Waals surface area (Å²) in [7, 11) is 0. The highest BCUT2D eigenvalue weighted by molar-refractivity contribution is 5.94. The van der Waals surface area contributed by atoms with Crippen LogP contribution < -0.4 is 0 Å². The van der Waals surface area contributed by atoms with Crippen molar-refractivity contribution in [2.45, 2.75) is 45.8 Å². The van der Waals surface area contributed by atoms with Gasteiger partial charge in [-0.15, -0.1) is 0 Å². The molecule has 1 aromatic carbocycles. The van der Waals surface area contributed by atoms with E-state index in [1.807, 2.05) is 34.0 Å². The number of rotatable bonds is 7. The van der Waals surface area contributed by atoms with Crippen molar-refractivity contribution in [1.82, 2.24) is 19.6 Å². The Kier molecular flexibility index (Phi) is 5.87. The van der Waals surface area contributed by atoms with Crippen molar-refractivity contribution >= 4 is 5.91 Å². The minimum Gasteiger partial charge on any atom is -0.334 e. The van der Waals surface area contributed by atoms with Crippen molar-refractivity contribution in [3.8, 4) is 0 Å². The van der Waals surface area contributed by atoms with Gasteiger partial charge in [0.25, 0.3) is 5.91 Å². The highest BCUT2D eigenvalue weighted by Gasteiger charge is 2.29. The molecule has 0 radical (unpaired) electrons. The first-order valence-electron chi connectivity index (χ1n) is 9.31. The van der Waals surface area contributed by atoms with Crippen LogP contribution in [0.15, 0.2) is 42.7 Å². The smallest absolute Gasteiger partial charge is 0.254 e. The Bertz CT molecular complexity index is 662. The van der Waals surface area contributed by atoms with Gasteiger partial charge in [-0.05, 0) is 49.7 Å². The Balaban J connectivity index is 1.65. The van der Waals surface area contributed by atoms with Gasteiger partial charge in [-0.25, -0.2) is 0 Å². The second-order valence-corrected chi connectivity index (χ2v) is 6.68. The van der Waals surface area contributed by atoms with Gasteiger partial charge < -0.3 is 4.90 Å². The fourth-order valence-corrected chi connectivity index (χ4v) is 3.54. The molecule has 1 amide bonds. The summed E-state index contributed by atoms with van der Waals surface area (Å²) in [6, 6.07) is 10.3. The fourth-order valence-electron chi connectivity index (χ4n) is 3.54. The third-order valence-electron chi connectivity index (χ3n) is 5.10. The maximum atomic E-state index is 12.9. The SMILES string of the molecule is CCN(CC)Cc1ccc(C(=O)N2CCC[C@@H]2Cn2cccn2)cc1. The van der Waals surface area contributed by atoms with Crippen molar-refractivity contribution in [3.05, 3.63) is 53.9 Å². The second kappa shape index (κ2) is 8.30. The first kappa shape index (κ1) is 17.7. The van der Waals surface area contributed by atoms with Crippen LogP contribution in [0.25, 0.3) is 0 Å². The molecule has 2 heterocycles. The van der Waals surface area contributed by atoms with E-state index < -0.39 is 0 Å². The summed E-state index contributed by atoms with van der Waals surface area (Å²) in [5.41, 5.74) is 2.05. The van der Waals surface area contributed by atoms with Gasteiger partial charge in [-0.3, -0.25) is 14.4 Å². The average Bonchev–Trinajstić information content (AvgIpc) is 3.32. The molecule has 134 valence electrons. The lowest BCUT2D eigenvalue weighted by Gasteiger charge is -2.25. The summed E-state index contributed by atoms with van der Waals surface area (Å²) in [5.74, 6) is 0.143. The molecule has 0 aliphatic carbocycles. The van der Waals surface area contributed by atoms with E-state index in [1.165, 1.54) is 5.56 Å². The number of benzene rings is 1. The minimum atomic E-state index is 0.143. The van der Waals surface area contributed by atoms with Crippen molar-refractivity contribution in [3.63, 3.8) is 0 Å². The van der Waals surface area contributed by atoms with Gasteiger partial charge in [0.1, 0.15) is 0 Å². The molecule has 1 saturated heterocycles. The van der Waals surface area contributed by atoms with Crippen molar-refractivity contribution in [2.75, 3.05) is 19.6 Å². The van der Waals surface area contributed by atoms with Crippen LogP contribution in [0.5, 0.6) is 0 Å². The lowest BCUT2D eigenvalue weighted by molar-refractivity contribution is 0.0721. The van der Waals surface area contributed by atoms with Crippen molar-refractivity contribution < 1.29 is 4.79 Å². The normalized spacial score (nSPS) is 17.4. The molecular weight excluding hydrogens is 312 g/mol. The maximum Gasteiger partial charge on any atom is 0.254 e. The molecule has 0 saturated carbocycles. The van der Waals surface area contributed by atoms with Gasteiger partial charge in [-0.1, -0.05) is 26.0 Å². The van der Waals surface area contributed by atoms with E-state index in [0.29, 0.717) is 0 Å². The fraction of sp³-hybridized carbons (Fsp3) is 0.500. The molecule has 25 heavy (non-hydrogen) atoms. The topological polar surface area (TPSA) is 41.4 Å². The maximum absolute atomic E-state index is 12.9. The second-order valence-electron chi connectivity index (χ2n) is 6.68. The Morgan fingerprint density at radius 2 is 2.00 bits per heavy atom. The number of nitrogens with zero attached hydrogens (tertiary/aromatic N) is 4. The number of carbonyl (C=O) groups is 1. The predicted molar refractivity (Wildman–Crippen MR) is 99.4 cm³/mol. The summed E-state index contributed by atoms with van der Waals surface area (Å²) in [4.78, 5) is 17.3. The number of amides is 1. The van der Waals surface area contributed by atoms with E-state index in [2.05, 4.69) is 36.0 Å². The molecule has 5 nitrogen and oxygen atoms in total. The monoisotopic (exact) mass is 340 g/mol.